The van der Waals surface area contributed by atoms with Gasteiger partial charge in [-0.15, -0.1) is 0 Å². The number of ketones is 1. The summed E-state index contributed by atoms with van der Waals surface area (Å²) in [6.45, 7) is 1.88. The molecule has 1 N–H and O–H groups in total. The zero-order chi connectivity index (χ0) is 20.1. The molecule has 1 fully saturated rings. The van der Waals surface area contributed by atoms with Gasteiger partial charge in [-0.3, -0.25) is 4.79 Å². The van der Waals surface area contributed by atoms with E-state index in [1.165, 1.54) is 0 Å². The van der Waals surface area contributed by atoms with Crippen LogP contribution in [0.4, 0.5) is 0 Å². The standard InChI is InChI=1S/C21H23NO5S/c1-15-11-13-17(14-12-15)28(25,26)22-18-9-5-6-10-19(18)27-21(24)20(23)16-7-3-2-4-8-16/h2-4,7-8,11-14,18-19,22H,5-6,9-10H2,1H3/t18-,19-/m1/s1. The van der Waals surface area contributed by atoms with Gasteiger partial charge in [-0.2, -0.15) is 0 Å². The van der Waals surface area contributed by atoms with E-state index in [0.29, 0.717) is 12.8 Å². The van der Waals surface area contributed by atoms with Crippen LogP contribution in [-0.2, 0) is 19.6 Å². The van der Waals surface area contributed by atoms with Gasteiger partial charge >= 0.3 is 5.97 Å². The maximum atomic E-state index is 12.7. The van der Waals surface area contributed by atoms with Crippen LogP contribution in [0.5, 0.6) is 0 Å². The zero-order valence-electron chi connectivity index (χ0n) is 15.6. The summed E-state index contributed by atoms with van der Waals surface area (Å²) in [5.41, 5.74) is 1.21. The summed E-state index contributed by atoms with van der Waals surface area (Å²) in [6.07, 6.45) is 2.01. The zero-order valence-corrected chi connectivity index (χ0v) is 16.4. The van der Waals surface area contributed by atoms with Gasteiger partial charge in [0, 0.05) is 5.56 Å². The van der Waals surface area contributed by atoms with Crippen molar-refractivity contribution in [3.05, 3.63) is 65.7 Å². The monoisotopic (exact) mass is 401 g/mol. The van der Waals surface area contributed by atoms with Crippen LogP contribution in [0.15, 0.2) is 59.5 Å². The van der Waals surface area contributed by atoms with E-state index in [1.54, 1.807) is 54.6 Å². The molecule has 0 spiro atoms. The molecule has 0 aliphatic heterocycles. The Kier molecular flexibility index (Phi) is 6.26. The highest BCUT2D eigenvalue weighted by molar-refractivity contribution is 7.89. The third-order valence-electron chi connectivity index (χ3n) is 4.82. The topological polar surface area (TPSA) is 89.5 Å². The Labute approximate surface area is 165 Å². The van der Waals surface area contributed by atoms with Crippen LogP contribution in [0, 0.1) is 6.92 Å². The number of rotatable bonds is 6. The Bertz CT molecular complexity index is 939. The molecule has 1 aliphatic rings. The van der Waals surface area contributed by atoms with E-state index in [9.17, 15) is 18.0 Å². The van der Waals surface area contributed by atoms with E-state index >= 15 is 0 Å². The van der Waals surface area contributed by atoms with Crippen LogP contribution in [0.25, 0.3) is 0 Å². The highest BCUT2D eigenvalue weighted by Crippen LogP contribution is 2.24. The maximum Gasteiger partial charge on any atom is 0.380 e. The molecule has 0 bridgehead atoms. The minimum atomic E-state index is -3.74. The Morgan fingerprint density at radius 3 is 2.29 bits per heavy atom. The Morgan fingerprint density at radius 2 is 1.61 bits per heavy atom. The average Bonchev–Trinajstić information content (AvgIpc) is 2.69. The first-order valence-electron chi connectivity index (χ1n) is 9.26. The van der Waals surface area contributed by atoms with Gasteiger partial charge in [0.15, 0.2) is 0 Å². The molecule has 0 heterocycles. The number of nitrogens with one attached hydrogen (secondary N) is 1. The molecular weight excluding hydrogens is 378 g/mol. The predicted octanol–water partition coefficient (Wildman–Crippen LogP) is 3.01. The van der Waals surface area contributed by atoms with Gasteiger partial charge in [-0.25, -0.2) is 17.9 Å². The molecule has 0 radical (unpaired) electrons. The van der Waals surface area contributed by atoms with Gasteiger partial charge < -0.3 is 4.74 Å². The van der Waals surface area contributed by atoms with Crippen LogP contribution in [0.3, 0.4) is 0 Å². The molecule has 7 heteroatoms. The average molecular weight is 401 g/mol. The normalized spacial score (nSPS) is 19.8. The number of hydrogen-bond donors (Lipinski definition) is 1. The number of carbonyl (C=O) groups is 2. The van der Waals surface area contributed by atoms with Crippen molar-refractivity contribution in [2.75, 3.05) is 0 Å². The van der Waals surface area contributed by atoms with Crippen molar-refractivity contribution in [2.45, 2.75) is 49.6 Å². The number of ether oxygens (including phenoxy) is 1. The maximum absolute atomic E-state index is 12.7. The van der Waals surface area contributed by atoms with Crippen LogP contribution >= 0.6 is 0 Å². The first-order valence-corrected chi connectivity index (χ1v) is 10.7. The molecule has 1 aliphatic carbocycles. The van der Waals surface area contributed by atoms with E-state index in [0.717, 1.165) is 18.4 Å². The van der Waals surface area contributed by atoms with E-state index in [2.05, 4.69) is 4.72 Å². The second-order valence-corrected chi connectivity index (χ2v) is 8.68. The smallest absolute Gasteiger partial charge is 0.380 e. The molecule has 148 valence electrons. The summed E-state index contributed by atoms with van der Waals surface area (Å²) < 4.78 is 33.4. The molecule has 0 aromatic heterocycles. The van der Waals surface area contributed by atoms with Crippen molar-refractivity contribution in [3.63, 3.8) is 0 Å². The third-order valence-corrected chi connectivity index (χ3v) is 6.33. The lowest BCUT2D eigenvalue weighted by Gasteiger charge is -2.31. The van der Waals surface area contributed by atoms with Crippen LogP contribution in [0.2, 0.25) is 0 Å². The van der Waals surface area contributed by atoms with Gasteiger partial charge in [-0.1, -0.05) is 54.4 Å². The number of Topliss-reactive ketones (excluding diaryl/α,β-unsaturated/α-hetero) is 1. The van der Waals surface area contributed by atoms with Crippen molar-refractivity contribution in [3.8, 4) is 0 Å². The number of sulfonamides is 1. The van der Waals surface area contributed by atoms with Crippen LogP contribution in [-0.4, -0.2) is 32.3 Å². The van der Waals surface area contributed by atoms with Crippen LogP contribution in [0.1, 0.15) is 41.6 Å². The fraction of sp³-hybridized carbons (Fsp3) is 0.333. The molecular formula is C21H23NO5S. The molecule has 3 rings (SSSR count). The number of aryl methyl sites for hydroxylation is 1. The Balaban J connectivity index is 1.71. The van der Waals surface area contributed by atoms with Gasteiger partial charge in [0.2, 0.25) is 10.0 Å². The predicted molar refractivity (Wildman–Crippen MR) is 104 cm³/mol. The molecule has 28 heavy (non-hydrogen) atoms. The van der Waals surface area contributed by atoms with E-state index in [-0.39, 0.29) is 10.5 Å². The minimum Gasteiger partial charge on any atom is -0.455 e. The summed E-state index contributed by atoms with van der Waals surface area (Å²) in [7, 11) is -3.74. The third kappa shape index (κ3) is 4.85. The molecule has 2 atom stereocenters. The van der Waals surface area contributed by atoms with E-state index in [1.807, 2.05) is 6.92 Å². The second kappa shape index (κ2) is 8.67. The molecule has 2 aromatic carbocycles. The molecule has 0 saturated heterocycles. The highest BCUT2D eigenvalue weighted by atomic mass is 32.2. The van der Waals surface area contributed by atoms with Crippen molar-refractivity contribution in [1.82, 2.24) is 4.72 Å². The molecule has 0 unspecified atom stereocenters. The summed E-state index contributed by atoms with van der Waals surface area (Å²) in [6, 6.07) is 14.1. The van der Waals surface area contributed by atoms with E-state index in [4.69, 9.17) is 4.74 Å². The lowest BCUT2D eigenvalue weighted by Crippen LogP contribution is -2.47. The van der Waals surface area contributed by atoms with Gasteiger partial charge in [-0.05, 0) is 38.3 Å². The number of benzene rings is 2. The summed E-state index contributed by atoms with van der Waals surface area (Å²) >= 11 is 0. The van der Waals surface area contributed by atoms with Crippen LogP contribution < -0.4 is 4.72 Å². The fourth-order valence-electron chi connectivity index (χ4n) is 3.26. The minimum absolute atomic E-state index is 0.161. The summed E-state index contributed by atoms with van der Waals surface area (Å²) in [5.74, 6) is -1.69. The van der Waals surface area contributed by atoms with Crippen molar-refractivity contribution >= 4 is 21.8 Å². The highest BCUT2D eigenvalue weighted by Gasteiger charge is 2.33. The molecule has 2 aromatic rings. The lowest BCUT2D eigenvalue weighted by atomic mass is 9.93. The quantitative estimate of drug-likeness (QED) is 0.457. The lowest BCUT2D eigenvalue weighted by molar-refractivity contribution is -0.145. The summed E-state index contributed by atoms with van der Waals surface area (Å²) in [4.78, 5) is 24.7. The molecule has 0 amide bonds. The van der Waals surface area contributed by atoms with Crippen molar-refractivity contribution < 1.29 is 22.7 Å². The SMILES string of the molecule is Cc1ccc(S(=O)(=O)N[C@@H]2CCCC[C@H]2OC(=O)C(=O)c2ccccc2)cc1. The second-order valence-electron chi connectivity index (χ2n) is 6.96. The number of hydrogen-bond acceptors (Lipinski definition) is 5. The van der Waals surface area contributed by atoms with Gasteiger partial charge in [0.05, 0.1) is 10.9 Å². The summed E-state index contributed by atoms with van der Waals surface area (Å²) in [5, 5.41) is 0. The van der Waals surface area contributed by atoms with Crippen molar-refractivity contribution in [1.29, 1.82) is 0 Å². The van der Waals surface area contributed by atoms with E-state index < -0.39 is 33.9 Å². The molecule has 6 nitrogen and oxygen atoms in total. The van der Waals surface area contributed by atoms with Crippen molar-refractivity contribution in [2.24, 2.45) is 0 Å². The van der Waals surface area contributed by atoms with Gasteiger partial charge in [0.1, 0.15) is 6.10 Å². The molecule has 1 saturated carbocycles. The Hall–Kier alpha value is -2.51. The number of esters is 1. The number of carbonyl (C=O) groups excluding carboxylic acids is 2. The fourth-order valence-corrected chi connectivity index (χ4v) is 4.55. The Morgan fingerprint density at radius 1 is 0.964 bits per heavy atom. The van der Waals surface area contributed by atoms with Gasteiger partial charge in [0.25, 0.3) is 5.78 Å². The first kappa shape index (κ1) is 20.2. The largest absolute Gasteiger partial charge is 0.455 e. The first-order chi connectivity index (χ1) is 13.4.